The average molecular weight is 222 g/mol. The van der Waals surface area contributed by atoms with Gasteiger partial charge in [-0.3, -0.25) is 4.79 Å². The van der Waals surface area contributed by atoms with E-state index in [9.17, 15) is 9.00 Å². The third kappa shape index (κ3) is 9.67. The number of carbonyl (C=O) groups excluding carboxylic acids is 1. The summed E-state index contributed by atoms with van der Waals surface area (Å²) in [5.41, 5.74) is 0.139. The summed E-state index contributed by atoms with van der Waals surface area (Å²) in [5.74, 6) is -0.453. The van der Waals surface area contributed by atoms with Crippen LogP contribution in [0.1, 0.15) is 33.6 Å². The average Bonchev–Trinajstić information content (AvgIpc) is 1.98. The zero-order valence-corrected chi connectivity index (χ0v) is 9.73. The lowest BCUT2D eigenvalue weighted by atomic mass is 9.93. The maximum absolute atomic E-state index is 11.0. The van der Waals surface area contributed by atoms with Crippen LogP contribution in [-0.4, -0.2) is 27.1 Å². The summed E-state index contributed by atoms with van der Waals surface area (Å²) >= 11 is -1.91. The fraction of sp³-hybridized carbons (Fsp3) is 0.889. The normalized spacial score (nSPS) is 13.7. The van der Waals surface area contributed by atoms with E-state index in [1.807, 2.05) is 0 Å². The molecule has 4 nitrogen and oxygen atoms in total. The van der Waals surface area contributed by atoms with Gasteiger partial charge in [-0.15, -0.1) is 0 Å². The minimum atomic E-state index is -1.91. The van der Waals surface area contributed by atoms with E-state index in [0.29, 0.717) is 6.61 Å². The van der Waals surface area contributed by atoms with E-state index in [4.69, 9.17) is 9.29 Å². The van der Waals surface area contributed by atoms with Gasteiger partial charge in [0.15, 0.2) is 11.1 Å². The van der Waals surface area contributed by atoms with Crippen molar-refractivity contribution < 1.29 is 18.3 Å². The first-order valence-corrected chi connectivity index (χ1v) is 5.82. The van der Waals surface area contributed by atoms with E-state index in [-0.39, 0.29) is 17.6 Å². The largest absolute Gasteiger partial charge is 0.466 e. The molecule has 0 saturated heterocycles. The van der Waals surface area contributed by atoms with Crippen LogP contribution in [0.5, 0.6) is 0 Å². The fourth-order valence-electron chi connectivity index (χ4n) is 0.714. The summed E-state index contributed by atoms with van der Waals surface area (Å²) in [7, 11) is 0. The molecule has 0 aliphatic carbocycles. The smallest absolute Gasteiger partial charge is 0.306 e. The molecule has 0 fully saturated rings. The van der Waals surface area contributed by atoms with Crippen LogP contribution >= 0.6 is 0 Å². The van der Waals surface area contributed by atoms with E-state index in [2.05, 4.69) is 20.8 Å². The predicted octanol–water partition coefficient (Wildman–Crippen LogP) is 1.58. The molecule has 0 aromatic carbocycles. The zero-order chi connectivity index (χ0) is 11.2. The molecule has 0 rings (SSSR count). The zero-order valence-electron chi connectivity index (χ0n) is 8.91. The van der Waals surface area contributed by atoms with Crippen LogP contribution in [0, 0.1) is 5.41 Å². The number of rotatable bonds is 5. The Morgan fingerprint density at radius 1 is 1.43 bits per heavy atom. The molecule has 14 heavy (non-hydrogen) atoms. The first kappa shape index (κ1) is 13.6. The highest BCUT2D eigenvalue weighted by atomic mass is 32.2. The number of esters is 1. The Labute approximate surface area is 87.3 Å². The molecular weight excluding hydrogens is 204 g/mol. The third-order valence-electron chi connectivity index (χ3n) is 1.60. The van der Waals surface area contributed by atoms with Crippen LogP contribution in [0.2, 0.25) is 0 Å². The second-order valence-corrected chi connectivity index (χ2v) is 5.36. The van der Waals surface area contributed by atoms with Gasteiger partial charge in [-0.05, 0) is 11.8 Å². The highest BCUT2D eigenvalue weighted by Gasteiger charge is 2.11. The van der Waals surface area contributed by atoms with Gasteiger partial charge in [0.05, 0.1) is 18.8 Å². The summed E-state index contributed by atoms with van der Waals surface area (Å²) in [5, 5.41) is 0. The maximum atomic E-state index is 11.0. The first-order valence-electron chi connectivity index (χ1n) is 4.54. The molecule has 1 atom stereocenters. The SMILES string of the molecule is CC(C)(C)CCOC(=O)CCS(=O)O. The Morgan fingerprint density at radius 3 is 2.43 bits per heavy atom. The van der Waals surface area contributed by atoms with Gasteiger partial charge in [0, 0.05) is 0 Å². The maximum Gasteiger partial charge on any atom is 0.306 e. The molecule has 0 aromatic heterocycles. The van der Waals surface area contributed by atoms with Gasteiger partial charge < -0.3 is 9.29 Å². The molecule has 0 saturated carbocycles. The van der Waals surface area contributed by atoms with Crippen molar-refractivity contribution >= 4 is 17.0 Å². The van der Waals surface area contributed by atoms with Gasteiger partial charge in [0.1, 0.15) is 0 Å². The van der Waals surface area contributed by atoms with Gasteiger partial charge >= 0.3 is 5.97 Å². The van der Waals surface area contributed by atoms with Crippen LogP contribution < -0.4 is 0 Å². The molecular formula is C9H18O4S. The molecule has 0 bridgehead atoms. The molecule has 84 valence electrons. The summed E-state index contributed by atoms with van der Waals surface area (Å²) in [4.78, 5) is 11.0. The highest BCUT2D eigenvalue weighted by Crippen LogP contribution is 2.17. The van der Waals surface area contributed by atoms with Crippen molar-refractivity contribution in [3.63, 3.8) is 0 Å². The minimum Gasteiger partial charge on any atom is -0.466 e. The van der Waals surface area contributed by atoms with E-state index in [0.717, 1.165) is 6.42 Å². The van der Waals surface area contributed by atoms with Crippen molar-refractivity contribution in [1.29, 1.82) is 0 Å². The Morgan fingerprint density at radius 2 is 2.00 bits per heavy atom. The standard InChI is InChI=1S/C9H18O4S/c1-9(2,3)5-6-13-8(10)4-7-14(11)12/h4-7H2,1-3H3,(H,11,12). The van der Waals surface area contributed by atoms with Crippen molar-refractivity contribution in [3.8, 4) is 0 Å². The predicted molar refractivity (Wildman–Crippen MR) is 55.3 cm³/mol. The summed E-state index contributed by atoms with van der Waals surface area (Å²) in [6, 6.07) is 0. The Bertz CT molecular complexity index is 207. The van der Waals surface area contributed by atoms with Crippen molar-refractivity contribution in [2.45, 2.75) is 33.6 Å². The second-order valence-electron chi connectivity index (χ2n) is 4.31. The topological polar surface area (TPSA) is 63.6 Å². The van der Waals surface area contributed by atoms with Gasteiger partial charge in [-0.1, -0.05) is 20.8 Å². The van der Waals surface area contributed by atoms with Crippen molar-refractivity contribution in [2.75, 3.05) is 12.4 Å². The number of hydrogen-bond acceptors (Lipinski definition) is 3. The van der Waals surface area contributed by atoms with Crippen molar-refractivity contribution in [1.82, 2.24) is 0 Å². The van der Waals surface area contributed by atoms with Crippen molar-refractivity contribution in [2.24, 2.45) is 5.41 Å². The summed E-state index contributed by atoms with van der Waals surface area (Å²) in [6.45, 7) is 6.55. The number of hydrogen-bond donors (Lipinski definition) is 1. The van der Waals surface area contributed by atoms with Crippen LogP contribution in [0.4, 0.5) is 0 Å². The highest BCUT2D eigenvalue weighted by molar-refractivity contribution is 7.79. The molecule has 0 amide bonds. The Kier molecular flexibility index (Phi) is 5.95. The van der Waals surface area contributed by atoms with Crippen LogP contribution in [-0.2, 0) is 20.6 Å². The number of ether oxygens (including phenoxy) is 1. The van der Waals surface area contributed by atoms with Gasteiger partial charge in [0.2, 0.25) is 0 Å². The lowest BCUT2D eigenvalue weighted by molar-refractivity contribution is -0.143. The Balaban J connectivity index is 3.50. The van der Waals surface area contributed by atoms with E-state index >= 15 is 0 Å². The lowest BCUT2D eigenvalue weighted by Gasteiger charge is -2.17. The Hall–Kier alpha value is -0.420. The second kappa shape index (κ2) is 6.14. The van der Waals surface area contributed by atoms with Crippen molar-refractivity contribution in [3.05, 3.63) is 0 Å². The lowest BCUT2D eigenvalue weighted by Crippen LogP contribution is -2.14. The quantitative estimate of drug-likeness (QED) is 0.566. The monoisotopic (exact) mass is 222 g/mol. The van der Waals surface area contributed by atoms with Crippen LogP contribution in [0.15, 0.2) is 0 Å². The molecule has 0 radical (unpaired) electrons. The minimum absolute atomic E-state index is 0.00720. The molecule has 1 unspecified atom stereocenters. The van der Waals surface area contributed by atoms with Gasteiger partial charge in [-0.2, -0.15) is 0 Å². The first-order chi connectivity index (χ1) is 6.31. The molecule has 0 aliphatic heterocycles. The van der Waals surface area contributed by atoms with E-state index < -0.39 is 17.0 Å². The number of carbonyl (C=O) groups is 1. The molecule has 0 aliphatic rings. The van der Waals surface area contributed by atoms with Crippen LogP contribution in [0.3, 0.4) is 0 Å². The molecule has 0 aromatic rings. The molecule has 1 N–H and O–H groups in total. The van der Waals surface area contributed by atoms with Crippen LogP contribution in [0.25, 0.3) is 0 Å². The van der Waals surface area contributed by atoms with E-state index in [1.54, 1.807) is 0 Å². The fourth-order valence-corrected chi connectivity index (χ4v) is 1.06. The third-order valence-corrected chi connectivity index (χ3v) is 2.15. The van der Waals surface area contributed by atoms with E-state index in [1.165, 1.54) is 0 Å². The van der Waals surface area contributed by atoms with Gasteiger partial charge in [0.25, 0.3) is 0 Å². The molecule has 5 heteroatoms. The summed E-state index contributed by atoms with van der Waals surface area (Å²) in [6.07, 6.45) is 0.800. The van der Waals surface area contributed by atoms with Gasteiger partial charge in [-0.25, -0.2) is 4.21 Å². The molecule has 0 spiro atoms. The molecule has 0 heterocycles. The summed E-state index contributed by atoms with van der Waals surface area (Å²) < 4.78 is 23.5.